The van der Waals surface area contributed by atoms with Crippen molar-refractivity contribution in [2.75, 3.05) is 20.1 Å². The SMILES string of the molecule is CCCCCCCCCCCCCN(C)CCC. The van der Waals surface area contributed by atoms with Gasteiger partial charge in [-0.3, -0.25) is 0 Å². The highest BCUT2D eigenvalue weighted by atomic mass is 15.1. The van der Waals surface area contributed by atoms with Crippen molar-refractivity contribution in [3.8, 4) is 0 Å². The lowest BCUT2D eigenvalue weighted by Crippen LogP contribution is -2.20. The van der Waals surface area contributed by atoms with E-state index in [4.69, 9.17) is 0 Å². The largest absolute Gasteiger partial charge is 0.306 e. The molecule has 0 bridgehead atoms. The van der Waals surface area contributed by atoms with Gasteiger partial charge >= 0.3 is 0 Å². The topological polar surface area (TPSA) is 3.24 Å². The van der Waals surface area contributed by atoms with Crippen molar-refractivity contribution in [2.24, 2.45) is 0 Å². The van der Waals surface area contributed by atoms with Gasteiger partial charge in [0.25, 0.3) is 0 Å². The molecule has 110 valence electrons. The van der Waals surface area contributed by atoms with Crippen LogP contribution in [-0.2, 0) is 0 Å². The summed E-state index contributed by atoms with van der Waals surface area (Å²) in [6.07, 6.45) is 17.2. The molecule has 0 aromatic carbocycles. The molecule has 1 heteroatoms. The molecule has 0 rings (SSSR count). The third kappa shape index (κ3) is 14.0. The second-order valence-electron chi connectivity index (χ2n) is 5.84. The number of rotatable bonds is 14. The Morgan fingerprint density at radius 1 is 0.500 bits per heavy atom. The van der Waals surface area contributed by atoms with Crippen LogP contribution in [0.2, 0.25) is 0 Å². The molecular weight excluding hydrogens is 218 g/mol. The smallest absolute Gasteiger partial charge is 0.00218 e. The second-order valence-corrected chi connectivity index (χ2v) is 5.84. The van der Waals surface area contributed by atoms with Crippen molar-refractivity contribution < 1.29 is 0 Å². The minimum Gasteiger partial charge on any atom is -0.306 e. The van der Waals surface area contributed by atoms with Crippen LogP contribution in [0.3, 0.4) is 0 Å². The van der Waals surface area contributed by atoms with E-state index < -0.39 is 0 Å². The Labute approximate surface area is 116 Å². The van der Waals surface area contributed by atoms with Crippen LogP contribution in [0.5, 0.6) is 0 Å². The minimum absolute atomic E-state index is 1.26. The van der Waals surface area contributed by atoms with Crippen molar-refractivity contribution in [3.05, 3.63) is 0 Å². The number of hydrogen-bond donors (Lipinski definition) is 0. The van der Waals surface area contributed by atoms with E-state index in [1.54, 1.807) is 0 Å². The van der Waals surface area contributed by atoms with E-state index in [0.29, 0.717) is 0 Å². The number of nitrogens with zero attached hydrogens (tertiary/aromatic N) is 1. The summed E-state index contributed by atoms with van der Waals surface area (Å²) in [7, 11) is 2.25. The maximum atomic E-state index is 2.47. The molecule has 0 aromatic heterocycles. The monoisotopic (exact) mass is 255 g/mol. The Kier molecular flexibility index (Phi) is 15.0. The molecule has 0 saturated heterocycles. The zero-order valence-corrected chi connectivity index (χ0v) is 13.3. The molecule has 0 N–H and O–H groups in total. The van der Waals surface area contributed by atoms with E-state index >= 15 is 0 Å². The Morgan fingerprint density at radius 2 is 0.944 bits per heavy atom. The fourth-order valence-corrected chi connectivity index (χ4v) is 2.54. The van der Waals surface area contributed by atoms with Gasteiger partial charge in [0.1, 0.15) is 0 Å². The first-order chi connectivity index (χ1) is 8.81. The molecule has 0 radical (unpaired) electrons. The number of unbranched alkanes of at least 4 members (excludes halogenated alkanes) is 10. The molecule has 18 heavy (non-hydrogen) atoms. The van der Waals surface area contributed by atoms with Gasteiger partial charge in [-0.15, -0.1) is 0 Å². The van der Waals surface area contributed by atoms with E-state index in [0.717, 1.165) is 0 Å². The molecule has 0 aromatic rings. The van der Waals surface area contributed by atoms with Crippen LogP contribution in [0, 0.1) is 0 Å². The third-order valence-electron chi connectivity index (χ3n) is 3.75. The van der Waals surface area contributed by atoms with E-state index in [-0.39, 0.29) is 0 Å². The summed E-state index contributed by atoms with van der Waals surface area (Å²) in [6, 6.07) is 0. The fraction of sp³-hybridized carbons (Fsp3) is 1.00. The average molecular weight is 255 g/mol. The molecule has 0 aliphatic heterocycles. The zero-order chi connectivity index (χ0) is 13.5. The lowest BCUT2D eigenvalue weighted by atomic mass is 10.1. The predicted octanol–water partition coefficient (Wildman–Crippen LogP) is 5.64. The van der Waals surface area contributed by atoms with Gasteiger partial charge in [0.05, 0.1) is 0 Å². The number of hydrogen-bond acceptors (Lipinski definition) is 1. The maximum absolute atomic E-state index is 2.47. The van der Waals surface area contributed by atoms with Gasteiger partial charge in [0.2, 0.25) is 0 Å². The standard InChI is InChI=1S/C17H37N/c1-4-6-7-8-9-10-11-12-13-14-15-17-18(3)16-5-2/h4-17H2,1-3H3. The summed E-state index contributed by atoms with van der Waals surface area (Å²) in [6.45, 7) is 7.11. The predicted molar refractivity (Wildman–Crippen MR) is 84.2 cm³/mol. The van der Waals surface area contributed by atoms with E-state index in [2.05, 4.69) is 25.8 Å². The summed E-state index contributed by atoms with van der Waals surface area (Å²) in [5, 5.41) is 0. The highest BCUT2D eigenvalue weighted by molar-refractivity contribution is 4.52. The molecule has 1 nitrogen and oxygen atoms in total. The van der Waals surface area contributed by atoms with Crippen LogP contribution in [0.4, 0.5) is 0 Å². The Morgan fingerprint density at radius 3 is 1.39 bits per heavy atom. The van der Waals surface area contributed by atoms with Gasteiger partial charge in [-0.25, -0.2) is 0 Å². The first-order valence-electron chi connectivity index (χ1n) is 8.49. The summed E-state index contributed by atoms with van der Waals surface area (Å²) >= 11 is 0. The third-order valence-corrected chi connectivity index (χ3v) is 3.75. The average Bonchev–Trinajstić information content (AvgIpc) is 2.36. The Bertz CT molecular complexity index is 145. The van der Waals surface area contributed by atoms with Gasteiger partial charge in [0.15, 0.2) is 0 Å². The van der Waals surface area contributed by atoms with Crippen LogP contribution in [0.25, 0.3) is 0 Å². The van der Waals surface area contributed by atoms with Gasteiger partial charge < -0.3 is 4.90 Å². The Hall–Kier alpha value is -0.0400. The van der Waals surface area contributed by atoms with Crippen molar-refractivity contribution >= 4 is 0 Å². The van der Waals surface area contributed by atoms with Crippen LogP contribution in [0.1, 0.15) is 90.9 Å². The highest BCUT2D eigenvalue weighted by Crippen LogP contribution is 2.11. The Balaban J connectivity index is 2.98. The molecule has 0 amide bonds. The van der Waals surface area contributed by atoms with Gasteiger partial charge in [-0.05, 0) is 33.0 Å². The van der Waals surface area contributed by atoms with Crippen molar-refractivity contribution in [1.82, 2.24) is 4.90 Å². The van der Waals surface area contributed by atoms with Gasteiger partial charge in [-0.1, -0.05) is 78.1 Å². The van der Waals surface area contributed by atoms with Gasteiger partial charge in [-0.2, -0.15) is 0 Å². The maximum Gasteiger partial charge on any atom is -0.00218 e. The molecule has 0 aliphatic rings. The van der Waals surface area contributed by atoms with Gasteiger partial charge in [0, 0.05) is 0 Å². The second kappa shape index (κ2) is 15.0. The molecule has 0 fully saturated rings. The van der Waals surface area contributed by atoms with E-state index in [1.807, 2.05) is 0 Å². The summed E-state index contributed by atoms with van der Waals surface area (Å²) in [4.78, 5) is 2.47. The molecular formula is C17H37N. The summed E-state index contributed by atoms with van der Waals surface area (Å²) in [5.74, 6) is 0. The van der Waals surface area contributed by atoms with E-state index in [9.17, 15) is 0 Å². The molecule has 0 aliphatic carbocycles. The van der Waals surface area contributed by atoms with Crippen molar-refractivity contribution in [2.45, 2.75) is 90.9 Å². The lowest BCUT2D eigenvalue weighted by Gasteiger charge is -2.14. The molecule has 0 saturated carbocycles. The molecule has 0 heterocycles. The van der Waals surface area contributed by atoms with Crippen LogP contribution >= 0.6 is 0 Å². The summed E-state index contributed by atoms with van der Waals surface area (Å²) < 4.78 is 0. The van der Waals surface area contributed by atoms with Crippen LogP contribution in [0.15, 0.2) is 0 Å². The molecule has 0 atom stereocenters. The quantitative estimate of drug-likeness (QED) is 0.363. The van der Waals surface area contributed by atoms with Crippen molar-refractivity contribution in [3.63, 3.8) is 0 Å². The highest BCUT2D eigenvalue weighted by Gasteiger charge is 1.96. The molecule has 0 unspecified atom stereocenters. The first-order valence-corrected chi connectivity index (χ1v) is 8.49. The van der Waals surface area contributed by atoms with Crippen molar-refractivity contribution in [1.29, 1.82) is 0 Å². The molecule has 0 spiro atoms. The normalized spacial score (nSPS) is 11.3. The van der Waals surface area contributed by atoms with E-state index in [1.165, 1.54) is 90.1 Å². The van der Waals surface area contributed by atoms with Crippen LogP contribution in [-0.4, -0.2) is 25.0 Å². The fourth-order valence-electron chi connectivity index (χ4n) is 2.54. The summed E-state index contributed by atoms with van der Waals surface area (Å²) in [5.41, 5.74) is 0. The lowest BCUT2D eigenvalue weighted by molar-refractivity contribution is 0.324. The minimum atomic E-state index is 1.26. The zero-order valence-electron chi connectivity index (χ0n) is 13.3. The first kappa shape index (κ1) is 18.0. The van der Waals surface area contributed by atoms with Crippen LogP contribution < -0.4 is 0 Å².